The number of fused-ring (bicyclic) bond motifs is 1. The van der Waals surface area contributed by atoms with Gasteiger partial charge >= 0.3 is 0 Å². The number of aromatic hydroxyl groups is 5. The topological polar surface area (TPSA) is 131 Å². The molecule has 5 N–H and O–H groups in total. The molecule has 0 fully saturated rings. The summed E-state index contributed by atoms with van der Waals surface area (Å²) in [5, 5.41) is 42.6. The van der Waals surface area contributed by atoms with Crippen molar-refractivity contribution in [2.45, 2.75) is 0 Å². The summed E-state index contributed by atoms with van der Waals surface area (Å²) in [6.07, 6.45) is 0. The standard InChI is InChI=1S/C15H10O7/c16-6-1-2-8(9(18)3-6)15-14(21)13(20)12-10(19)4-7(17)5-11(12)22-15/h1-5,16-19,21H/i/hD. The minimum atomic E-state index is -0.846. The van der Waals surface area contributed by atoms with Gasteiger partial charge in [0.15, 0.2) is 5.76 Å². The van der Waals surface area contributed by atoms with Crippen LogP contribution in [0.5, 0.6) is 28.7 Å². The third kappa shape index (κ3) is 1.96. The van der Waals surface area contributed by atoms with Crippen molar-refractivity contribution < 1.29 is 30.0 Å². The minimum absolute atomic E-state index is 0.00752. The van der Waals surface area contributed by atoms with Crippen LogP contribution in [0.1, 0.15) is 0 Å². The number of phenolic OH excluding ortho intramolecular Hbond substituents is 4. The Hall–Kier alpha value is -3.35. The Morgan fingerprint density at radius 3 is 2.36 bits per heavy atom. The second kappa shape index (κ2) is 4.59. The first kappa shape index (κ1) is 12.4. The maximum Gasteiger partial charge on any atom is 0.293 e. The molecule has 0 saturated carbocycles. The molecule has 2 aromatic carbocycles. The summed E-state index contributed by atoms with van der Waals surface area (Å²) in [4.78, 5) is 12.4. The van der Waals surface area contributed by atoms with Gasteiger partial charge in [0.2, 0.25) is 11.2 Å². The average Bonchev–Trinajstić information content (AvgIpc) is 2.46. The Kier molecular flexibility index (Phi) is 2.59. The molecule has 3 rings (SSSR count). The van der Waals surface area contributed by atoms with Crippen LogP contribution in [0.2, 0.25) is 0 Å². The smallest absolute Gasteiger partial charge is 0.293 e. The quantitative estimate of drug-likeness (QED) is 0.489. The van der Waals surface area contributed by atoms with E-state index in [0.717, 1.165) is 18.2 Å². The number of hydrogen-bond acceptors (Lipinski definition) is 7. The highest BCUT2D eigenvalue weighted by molar-refractivity contribution is 5.88. The SMILES string of the molecule is [2H]Oc1c(-c2ccc(O)cc2O)oc2cc(O)cc(O)c2c1=O. The summed E-state index contributed by atoms with van der Waals surface area (Å²) in [6.45, 7) is 0. The van der Waals surface area contributed by atoms with E-state index in [2.05, 4.69) is 5.11 Å². The molecule has 0 saturated heterocycles. The average molecular weight is 303 g/mol. The maximum atomic E-state index is 12.4. The van der Waals surface area contributed by atoms with Gasteiger partial charge in [0.25, 0.3) is 1.43 Å². The molecule has 0 radical (unpaired) electrons. The van der Waals surface area contributed by atoms with E-state index in [1.807, 2.05) is 0 Å². The summed E-state index contributed by atoms with van der Waals surface area (Å²) >= 11 is 0. The highest BCUT2D eigenvalue weighted by Gasteiger charge is 2.20. The Bertz CT molecular complexity index is 978. The number of phenols is 4. The first-order chi connectivity index (χ1) is 10.9. The Morgan fingerprint density at radius 1 is 0.955 bits per heavy atom. The van der Waals surface area contributed by atoms with Gasteiger partial charge in [0.05, 0.1) is 5.56 Å². The molecule has 0 amide bonds. The zero-order chi connectivity index (χ0) is 16.7. The third-order valence-corrected chi connectivity index (χ3v) is 3.14. The Morgan fingerprint density at radius 2 is 1.68 bits per heavy atom. The molecule has 0 unspecified atom stereocenters. The van der Waals surface area contributed by atoms with Crippen LogP contribution < -0.4 is 5.43 Å². The van der Waals surface area contributed by atoms with Crippen molar-refractivity contribution in [3.8, 4) is 40.1 Å². The molecule has 112 valence electrons. The van der Waals surface area contributed by atoms with E-state index < -0.39 is 22.7 Å². The molecular formula is C15H10O7. The van der Waals surface area contributed by atoms with Gasteiger partial charge in [-0.25, -0.2) is 0 Å². The second-order valence-corrected chi connectivity index (χ2v) is 4.63. The van der Waals surface area contributed by atoms with Crippen LogP contribution in [0.25, 0.3) is 22.3 Å². The lowest BCUT2D eigenvalue weighted by molar-refractivity contribution is 0.433. The predicted octanol–water partition coefficient (Wildman–Crippen LogP) is 1.99. The van der Waals surface area contributed by atoms with Gasteiger partial charge < -0.3 is 30.0 Å². The van der Waals surface area contributed by atoms with E-state index in [9.17, 15) is 25.2 Å². The molecule has 0 atom stereocenters. The summed E-state index contributed by atoms with van der Waals surface area (Å²) in [6, 6.07) is 5.58. The van der Waals surface area contributed by atoms with Crippen LogP contribution >= 0.6 is 0 Å². The monoisotopic (exact) mass is 303 g/mol. The van der Waals surface area contributed by atoms with Gasteiger partial charge in [-0.2, -0.15) is 0 Å². The zero-order valence-corrected chi connectivity index (χ0v) is 10.9. The fraction of sp³-hybridized carbons (Fsp3) is 0. The van der Waals surface area contributed by atoms with Crippen molar-refractivity contribution in [3.63, 3.8) is 0 Å². The van der Waals surface area contributed by atoms with Gasteiger partial charge in [-0.05, 0) is 12.1 Å². The van der Waals surface area contributed by atoms with Gasteiger partial charge in [-0.15, -0.1) is 0 Å². The van der Waals surface area contributed by atoms with Crippen molar-refractivity contribution in [1.29, 1.82) is 1.43 Å². The van der Waals surface area contributed by atoms with Crippen molar-refractivity contribution in [1.82, 2.24) is 0 Å². The fourth-order valence-corrected chi connectivity index (χ4v) is 2.16. The predicted molar refractivity (Wildman–Crippen MR) is 76.2 cm³/mol. The van der Waals surface area contributed by atoms with E-state index in [1.54, 1.807) is 0 Å². The molecule has 0 aliphatic heterocycles. The van der Waals surface area contributed by atoms with Crippen molar-refractivity contribution in [3.05, 3.63) is 40.6 Å². The van der Waals surface area contributed by atoms with E-state index in [-0.39, 0.29) is 33.8 Å². The van der Waals surface area contributed by atoms with E-state index in [4.69, 9.17) is 5.85 Å². The first-order valence-electron chi connectivity index (χ1n) is 6.51. The summed E-state index contributed by atoms with van der Waals surface area (Å²) in [5.41, 5.74) is -1.01. The van der Waals surface area contributed by atoms with Crippen LogP contribution in [-0.2, 0) is 0 Å². The van der Waals surface area contributed by atoms with E-state index in [0.29, 0.717) is 0 Å². The van der Waals surface area contributed by atoms with Crippen LogP contribution in [0, 0.1) is 0 Å². The molecule has 7 heteroatoms. The molecule has 7 nitrogen and oxygen atoms in total. The Balaban J connectivity index is 2.43. The van der Waals surface area contributed by atoms with Crippen LogP contribution in [0.4, 0.5) is 0 Å². The minimum Gasteiger partial charge on any atom is -0.508 e. The van der Waals surface area contributed by atoms with Crippen LogP contribution in [0.3, 0.4) is 0 Å². The summed E-state index contributed by atoms with van der Waals surface area (Å²) in [5.74, 6) is -2.32. The fourth-order valence-electron chi connectivity index (χ4n) is 2.16. The zero-order valence-electron chi connectivity index (χ0n) is 11.9. The van der Waals surface area contributed by atoms with Gasteiger partial charge in [-0.3, -0.25) is 4.79 Å². The lowest BCUT2D eigenvalue weighted by atomic mass is 10.1. The van der Waals surface area contributed by atoms with Crippen molar-refractivity contribution >= 4 is 11.0 Å². The summed E-state index contributed by atoms with van der Waals surface area (Å²) in [7, 11) is 0. The Labute approximate surface area is 124 Å². The molecule has 1 aromatic heterocycles. The molecular weight excluding hydrogens is 292 g/mol. The molecule has 1 heterocycles. The van der Waals surface area contributed by atoms with Gasteiger partial charge in [0, 0.05) is 18.2 Å². The highest BCUT2D eigenvalue weighted by atomic mass is 16.4. The number of benzene rings is 2. The third-order valence-electron chi connectivity index (χ3n) is 3.14. The summed E-state index contributed by atoms with van der Waals surface area (Å²) < 4.78 is 12.5. The lowest BCUT2D eigenvalue weighted by Crippen LogP contribution is -2.03. The van der Waals surface area contributed by atoms with Crippen LogP contribution in [-0.4, -0.2) is 27.0 Å². The molecule has 0 bridgehead atoms. The van der Waals surface area contributed by atoms with Crippen molar-refractivity contribution in [2.24, 2.45) is 0 Å². The molecule has 0 aliphatic carbocycles. The first-order valence-corrected chi connectivity index (χ1v) is 6.10. The van der Waals surface area contributed by atoms with E-state index >= 15 is 0 Å². The molecule has 0 spiro atoms. The van der Waals surface area contributed by atoms with Gasteiger partial charge in [0.1, 0.15) is 34.0 Å². The maximum absolute atomic E-state index is 12.4. The number of rotatable bonds is 2. The molecule has 0 aliphatic rings. The van der Waals surface area contributed by atoms with E-state index in [1.165, 1.54) is 12.1 Å². The molecule has 22 heavy (non-hydrogen) atoms. The lowest BCUT2D eigenvalue weighted by Gasteiger charge is -2.09. The van der Waals surface area contributed by atoms with Crippen molar-refractivity contribution in [2.75, 3.05) is 0 Å². The highest BCUT2D eigenvalue weighted by Crippen LogP contribution is 2.39. The number of hydrogen-bond donors (Lipinski definition) is 5. The molecule has 3 aromatic rings. The van der Waals surface area contributed by atoms with Crippen LogP contribution in [0.15, 0.2) is 39.5 Å². The van der Waals surface area contributed by atoms with Gasteiger partial charge in [-0.1, -0.05) is 0 Å². The second-order valence-electron chi connectivity index (χ2n) is 4.63. The normalized spacial score (nSPS) is 11.4. The largest absolute Gasteiger partial charge is 0.508 e.